The fraction of sp³-hybridized carbons (Fsp3) is 0.455. The first-order valence-electron chi connectivity index (χ1n) is 5.64. The molecule has 1 N–H and O–H groups in total. The highest BCUT2D eigenvalue weighted by Gasteiger charge is 2.34. The molecule has 112 valence electrons. The zero-order valence-electron chi connectivity index (χ0n) is 11.2. The van der Waals surface area contributed by atoms with Crippen LogP contribution in [0.3, 0.4) is 0 Å². The molecule has 0 radical (unpaired) electrons. The van der Waals surface area contributed by atoms with Gasteiger partial charge < -0.3 is 9.84 Å². The van der Waals surface area contributed by atoms with E-state index in [4.69, 9.17) is 5.11 Å². The van der Waals surface area contributed by atoms with E-state index < -0.39 is 28.0 Å². The first kappa shape index (κ1) is 16.6. The molecule has 0 amide bonds. The molecule has 1 aromatic heterocycles. The minimum atomic E-state index is -4.08. The van der Waals surface area contributed by atoms with Crippen molar-refractivity contribution in [3.63, 3.8) is 0 Å². The Kier molecular flexibility index (Phi) is 5.26. The van der Waals surface area contributed by atoms with Crippen LogP contribution >= 0.6 is 11.3 Å². The summed E-state index contributed by atoms with van der Waals surface area (Å²) in [6.45, 7) is 1.57. The summed E-state index contributed by atoms with van der Waals surface area (Å²) in [6, 6.07) is 0.0718. The van der Waals surface area contributed by atoms with Crippen molar-refractivity contribution in [2.24, 2.45) is 0 Å². The predicted molar refractivity (Wildman–Crippen MR) is 72.3 cm³/mol. The number of esters is 1. The van der Waals surface area contributed by atoms with Gasteiger partial charge in [0.15, 0.2) is 0 Å². The van der Waals surface area contributed by atoms with E-state index in [1.165, 1.54) is 18.5 Å². The molecule has 9 heteroatoms. The first-order chi connectivity index (χ1) is 9.27. The topological polar surface area (TPSA) is 101 Å². The Bertz CT molecular complexity index is 606. The Labute approximate surface area is 120 Å². The van der Waals surface area contributed by atoms with Crippen LogP contribution in [0.1, 0.15) is 23.0 Å². The summed E-state index contributed by atoms with van der Waals surface area (Å²) in [7, 11) is -1.75. The lowest BCUT2D eigenvalue weighted by atomic mass is 10.2. The van der Waals surface area contributed by atoms with Gasteiger partial charge in [0.25, 0.3) is 0 Å². The van der Waals surface area contributed by atoms with Crippen molar-refractivity contribution in [1.82, 2.24) is 4.31 Å². The van der Waals surface area contributed by atoms with Gasteiger partial charge in [0.2, 0.25) is 10.0 Å². The highest BCUT2D eigenvalue weighted by Crippen LogP contribution is 2.26. The van der Waals surface area contributed by atoms with Gasteiger partial charge in [0.1, 0.15) is 15.8 Å². The van der Waals surface area contributed by atoms with E-state index in [1.54, 1.807) is 6.92 Å². The van der Waals surface area contributed by atoms with Gasteiger partial charge >= 0.3 is 11.9 Å². The molecule has 1 rings (SSSR count). The van der Waals surface area contributed by atoms with E-state index in [0.717, 1.165) is 22.8 Å². The number of aliphatic carboxylic acids is 1. The SMILES string of the molecule is CCC(C(=O)O)N(C)S(=O)(=O)c1ccsc1C(=O)OC. The molecule has 0 aromatic carbocycles. The normalized spacial score (nSPS) is 13.2. The number of hydrogen-bond donors (Lipinski definition) is 1. The quantitative estimate of drug-likeness (QED) is 0.785. The maximum Gasteiger partial charge on any atom is 0.349 e. The molecule has 0 bridgehead atoms. The fourth-order valence-corrected chi connectivity index (χ4v) is 4.34. The van der Waals surface area contributed by atoms with Crippen molar-refractivity contribution in [3.8, 4) is 0 Å². The van der Waals surface area contributed by atoms with Crippen LogP contribution < -0.4 is 0 Å². The highest BCUT2D eigenvalue weighted by molar-refractivity contribution is 7.89. The smallest absolute Gasteiger partial charge is 0.349 e. The number of thiophene rings is 1. The zero-order valence-corrected chi connectivity index (χ0v) is 12.8. The number of carbonyl (C=O) groups is 2. The lowest BCUT2D eigenvalue weighted by molar-refractivity contribution is -0.141. The third-order valence-corrected chi connectivity index (χ3v) is 5.70. The summed E-state index contributed by atoms with van der Waals surface area (Å²) in [4.78, 5) is 22.3. The monoisotopic (exact) mass is 321 g/mol. The second-order valence-corrected chi connectivity index (χ2v) is 6.77. The maximum absolute atomic E-state index is 12.4. The largest absolute Gasteiger partial charge is 0.480 e. The summed E-state index contributed by atoms with van der Waals surface area (Å²) < 4.78 is 30.1. The minimum Gasteiger partial charge on any atom is -0.480 e. The van der Waals surface area contributed by atoms with E-state index in [0.29, 0.717) is 0 Å². The summed E-state index contributed by atoms with van der Waals surface area (Å²) in [5, 5.41) is 10.5. The molecule has 0 aliphatic heterocycles. The third kappa shape index (κ3) is 3.00. The zero-order chi connectivity index (χ0) is 15.5. The molecule has 0 aliphatic carbocycles. The molecule has 1 heterocycles. The molecule has 20 heavy (non-hydrogen) atoms. The summed E-state index contributed by atoms with van der Waals surface area (Å²) in [5.41, 5.74) is 0. The van der Waals surface area contributed by atoms with Crippen LogP contribution in [0.25, 0.3) is 0 Å². The van der Waals surface area contributed by atoms with Crippen LogP contribution in [0.15, 0.2) is 16.3 Å². The van der Waals surface area contributed by atoms with E-state index in [2.05, 4.69) is 4.74 Å². The predicted octanol–water partition coefficient (Wildman–Crippen LogP) is 1.02. The minimum absolute atomic E-state index is 0.0698. The Morgan fingerprint density at radius 2 is 2.10 bits per heavy atom. The summed E-state index contributed by atoms with van der Waals surface area (Å²) >= 11 is 0.926. The van der Waals surface area contributed by atoms with Crippen LogP contribution in [0.5, 0.6) is 0 Å². The molecule has 0 aliphatic rings. The second-order valence-electron chi connectivity index (χ2n) is 3.89. The maximum atomic E-state index is 12.4. The van der Waals surface area contributed by atoms with Crippen molar-refractivity contribution in [1.29, 1.82) is 0 Å². The van der Waals surface area contributed by atoms with E-state index in [1.807, 2.05) is 0 Å². The number of carboxylic acids is 1. The van der Waals surface area contributed by atoms with Gasteiger partial charge in [-0.15, -0.1) is 11.3 Å². The molecule has 0 fully saturated rings. The Hall–Kier alpha value is -1.45. The lowest BCUT2D eigenvalue weighted by Gasteiger charge is -2.23. The first-order valence-corrected chi connectivity index (χ1v) is 7.96. The standard InChI is InChI=1S/C11H15NO6S2/c1-4-7(10(13)14)12(2)20(16,17)8-5-6-19-9(8)11(15)18-3/h5-7H,4H2,1-3H3,(H,13,14). The molecule has 0 spiro atoms. The average molecular weight is 321 g/mol. The van der Waals surface area contributed by atoms with Crippen molar-refractivity contribution < 1.29 is 27.9 Å². The lowest BCUT2D eigenvalue weighted by Crippen LogP contribution is -2.42. The van der Waals surface area contributed by atoms with Gasteiger partial charge in [-0.05, 0) is 17.9 Å². The Morgan fingerprint density at radius 1 is 1.50 bits per heavy atom. The Morgan fingerprint density at radius 3 is 2.55 bits per heavy atom. The number of carboxylic acid groups (broad SMARTS) is 1. The second kappa shape index (κ2) is 6.33. The molecule has 1 aromatic rings. The molecule has 1 atom stereocenters. The van der Waals surface area contributed by atoms with Crippen LogP contribution in [0.2, 0.25) is 0 Å². The number of hydrogen-bond acceptors (Lipinski definition) is 6. The number of methoxy groups -OCH3 is 1. The van der Waals surface area contributed by atoms with E-state index in [9.17, 15) is 18.0 Å². The van der Waals surface area contributed by atoms with Gasteiger partial charge in [-0.25, -0.2) is 13.2 Å². The third-order valence-electron chi connectivity index (χ3n) is 2.77. The van der Waals surface area contributed by atoms with Gasteiger partial charge in [0, 0.05) is 7.05 Å². The van der Waals surface area contributed by atoms with Crippen LogP contribution in [-0.2, 0) is 19.6 Å². The number of sulfonamides is 1. The molecule has 1 unspecified atom stereocenters. The van der Waals surface area contributed by atoms with E-state index in [-0.39, 0.29) is 16.2 Å². The fourth-order valence-electron chi connectivity index (χ4n) is 1.65. The number of rotatable bonds is 6. The van der Waals surface area contributed by atoms with Crippen molar-refractivity contribution in [2.45, 2.75) is 24.3 Å². The summed E-state index contributed by atoms with van der Waals surface area (Å²) in [5.74, 6) is -2.01. The highest BCUT2D eigenvalue weighted by atomic mass is 32.2. The average Bonchev–Trinajstić information content (AvgIpc) is 2.87. The molecular formula is C11H15NO6S2. The van der Waals surface area contributed by atoms with Crippen molar-refractivity contribution in [2.75, 3.05) is 14.2 Å². The molecule has 0 saturated heterocycles. The van der Waals surface area contributed by atoms with Crippen LogP contribution in [0.4, 0.5) is 0 Å². The number of likely N-dealkylation sites (N-methyl/N-ethyl adjacent to an activating group) is 1. The number of carbonyl (C=O) groups excluding carboxylic acids is 1. The van der Waals surface area contributed by atoms with Crippen molar-refractivity contribution >= 4 is 33.3 Å². The van der Waals surface area contributed by atoms with Gasteiger partial charge in [0.05, 0.1) is 7.11 Å². The van der Waals surface area contributed by atoms with Crippen LogP contribution in [-0.4, -0.2) is 50.0 Å². The summed E-state index contributed by atoms with van der Waals surface area (Å²) in [6.07, 6.45) is 0.114. The molecule has 0 saturated carbocycles. The molecule has 7 nitrogen and oxygen atoms in total. The molecular weight excluding hydrogens is 306 g/mol. The van der Waals surface area contributed by atoms with Gasteiger partial charge in [-0.2, -0.15) is 4.31 Å². The van der Waals surface area contributed by atoms with Crippen LogP contribution in [0, 0.1) is 0 Å². The van der Waals surface area contributed by atoms with E-state index >= 15 is 0 Å². The van der Waals surface area contributed by atoms with Crippen molar-refractivity contribution in [3.05, 3.63) is 16.3 Å². The number of ether oxygens (including phenoxy) is 1. The number of nitrogens with zero attached hydrogens (tertiary/aromatic N) is 1. The Balaban J connectivity index is 3.27. The van der Waals surface area contributed by atoms with Gasteiger partial charge in [-0.3, -0.25) is 4.79 Å². The van der Waals surface area contributed by atoms with Gasteiger partial charge in [-0.1, -0.05) is 6.92 Å².